The van der Waals surface area contributed by atoms with Gasteiger partial charge in [0.25, 0.3) is 0 Å². The van der Waals surface area contributed by atoms with E-state index in [0.717, 1.165) is 64.7 Å². The third kappa shape index (κ3) is 4.66. The average Bonchev–Trinajstić information content (AvgIpc) is 2.49. The van der Waals surface area contributed by atoms with Gasteiger partial charge in [0.15, 0.2) is 0 Å². The highest BCUT2D eigenvalue weighted by molar-refractivity contribution is 5.79. The van der Waals surface area contributed by atoms with Gasteiger partial charge in [0.2, 0.25) is 5.91 Å². The number of likely N-dealkylation sites (tertiary alicyclic amines) is 1. The first-order valence-electron chi connectivity index (χ1n) is 8.40. The molecule has 2 N–H and O–H groups in total. The molecule has 2 aliphatic rings. The highest BCUT2D eigenvalue weighted by Crippen LogP contribution is 2.22. The summed E-state index contributed by atoms with van der Waals surface area (Å²) >= 11 is 0. The van der Waals surface area contributed by atoms with Crippen molar-refractivity contribution >= 4 is 5.91 Å². The number of rotatable bonds is 5. The Balaban J connectivity index is 1.75. The van der Waals surface area contributed by atoms with Crippen LogP contribution in [0.5, 0.6) is 0 Å². The Hall–Kier alpha value is -0.650. The van der Waals surface area contributed by atoms with Gasteiger partial charge in [-0.3, -0.25) is 9.69 Å². The maximum atomic E-state index is 12.5. The second-order valence-corrected chi connectivity index (χ2v) is 6.77. The third-order valence-corrected chi connectivity index (χ3v) is 4.92. The molecule has 0 saturated carbocycles. The number of morpholine rings is 1. The van der Waals surface area contributed by atoms with Gasteiger partial charge in [-0.1, -0.05) is 13.8 Å². The largest absolute Gasteiger partial charge is 0.379 e. The second kappa shape index (κ2) is 8.11. The lowest BCUT2D eigenvalue weighted by molar-refractivity contribution is -0.138. The molecule has 2 heterocycles. The Bertz CT molecular complexity index is 321. The number of nitrogens with two attached hydrogens (primary N) is 1. The van der Waals surface area contributed by atoms with Crippen molar-refractivity contribution < 1.29 is 9.53 Å². The van der Waals surface area contributed by atoms with Crippen LogP contribution in [0.4, 0.5) is 0 Å². The molecule has 0 aromatic rings. The summed E-state index contributed by atoms with van der Waals surface area (Å²) in [6.07, 6.45) is 2.25. The first-order valence-corrected chi connectivity index (χ1v) is 8.40. The molecule has 1 unspecified atom stereocenters. The van der Waals surface area contributed by atoms with Crippen molar-refractivity contribution in [3.05, 3.63) is 0 Å². The summed E-state index contributed by atoms with van der Waals surface area (Å²) in [6.45, 7) is 11.4. The smallest absolute Gasteiger partial charge is 0.227 e. The molecule has 5 heteroatoms. The molecule has 2 rings (SSSR count). The van der Waals surface area contributed by atoms with Gasteiger partial charge >= 0.3 is 0 Å². The fraction of sp³-hybridized carbons (Fsp3) is 0.938. The van der Waals surface area contributed by atoms with E-state index in [2.05, 4.69) is 18.7 Å². The van der Waals surface area contributed by atoms with Crippen molar-refractivity contribution in [3.8, 4) is 0 Å². The van der Waals surface area contributed by atoms with E-state index in [1.165, 1.54) is 0 Å². The molecule has 0 aromatic heterocycles. The van der Waals surface area contributed by atoms with E-state index in [1.807, 2.05) is 4.90 Å². The Labute approximate surface area is 128 Å². The molecule has 2 fully saturated rings. The van der Waals surface area contributed by atoms with Gasteiger partial charge in [-0.05, 0) is 24.7 Å². The zero-order chi connectivity index (χ0) is 15.2. The van der Waals surface area contributed by atoms with E-state index in [-0.39, 0.29) is 11.8 Å². The maximum absolute atomic E-state index is 12.5. The first-order chi connectivity index (χ1) is 10.1. The highest BCUT2D eigenvalue weighted by atomic mass is 16.5. The molecule has 0 aromatic carbocycles. The van der Waals surface area contributed by atoms with Gasteiger partial charge in [0, 0.05) is 39.3 Å². The second-order valence-electron chi connectivity index (χ2n) is 6.77. The molecule has 0 radical (unpaired) electrons. The van der Waals surface area contributed by atoms with Crippen molar-refractivity contribution in [2.45, 2.75) is 26.7 Å². The van der Waals surface area contributed by atoms with Gasteiger partial charge in [0.05, 0.1) is 19.1 Å². The molecule has 0 spiro atoms. The van der Waals surface area contributed by atoms with Crippen LogP contribution in [0, 0.1) is 17.8 Å². The van der Waals surface area contributed by atoms with Crippen LogP contribution < -0.4 is 5.73 Å². The van der Waals surface area contributed by atoms with Gasteiger partial charge < -0.3 is 15.4 Å². The fourth-order valence-corrected chi connectivity index (χ4v) is 3.38. The Morgan fingerprint density at radius 3 is 2.33 bits per heavy atom. The summed E-state index contributed by atoms with van der Waals surface area (Å²) in [5, 5.41) is 0. The summed E-state index contributed by atoms with van der Waals surface area (Å²) in [6, 6.07) is 0. The lowest BCUT2D eigenvalue weighted by Crippen LogP contribution is -2.47. The first kappa shape index (κ1) is 16.7. The third-order valence-electron chi connectivity index (χ3n) is 4.92. The standard InChI is InChI=1S/C16H31N3O2/c1-13(2)15(11-17)16(20)19-5-3-14(4-6-19)12-18-7-9-21-10-8-18/h13-15H,3-12,17H2,1-2H3. The lowest BCUT2D eigenvalue weighted by atomic mass is 9.91. The minimum Gasteiger partial charge on any atom is -0.379 e. The quantitative estimate of drug-likeness (QED) is 0.815. The van der Waals surface area contributed by atoms with Crippen LogP contribution in [0.3, 0.4) is 0 Å². The number of ether oxygens (including phenoxy) is 1. The zero-order valence-corrected chi connectivity index (χ0v) is 13.6. The SMILES string of the molecule is CC(C)C(CN)C(=O)N1CCC(CN2CCOCC2)CC1. The molecule has 0 bridgehead atoms. The predicted octanol–water partition coefficient (Wildman–Crippen LogP) is 0.788. The van der Waals surface area contributed by atoms with E-state index in [1.54, 1.807) is 0 Å². The van der Waals surface area contributed by atoms with Gasteiger partial charge in [-0.15, -0.1) is 0 Å². The van der Waals surface area contributed by atoms with Crippen molar-refractivity contribution in [1.82, 2.24) is 9.80 Å². The monoisotopic (exact) mass is 297 g/mol. The number of carbonyl (C=O) groups is 1. The van der Waals surface area contributed by atoms with Crippen LogP contribution in [0.25, 0.3) is 0 Å². The predicted molar refractivity (Wildman–Crippen MR) is 83.9 cm³/mol. The summed E-state index contributed by atoms with van der Waals surface area (Å²) in [7, 11) is 0. The maximum Gasteiger partial charge on any atom is 0.227 e. The minimum absolute atomic E-state index is 0.0132. The van der Waals surface area contributed by atoms with Crippen LogP contribution in [0.1, 0.15) is 26.7 Å². The molecule has 122 valence electrons. The average molecular weight is 297 g/mol. The van der Waals surface area contributed by atoms with Gasteiger partial charge in [-0.2, -0.15) is 0 Å². The van der Waals surface area contributed by atoms with E-state index in [4.69, 9.17) is 10.5 Å². The summed E-state index contributed by atoms with van der Waals surface area (Å²) in [4.78, 5) is 17.0. The Morgan fingerprint density at radius 2 is 1.81 bits per heavy atom. The Morgan fingerprint density at radius 1 is 1.19 bits per heavy atom. The van der Waals surface area contributed by atoms with Crippen molar-refractivity contribution in [2.24, 2.45) is 23.5 Å². The number of hydrogen-bond donors (Lipinski definition) is 1. The summed E-state index contributed by atoms with van der Waals surface area (Å²) in [5.41, 5.74) is 5.77. The van der Waals surface area contributed by atoms with Crippen molar-refractivity contribution in [2.75, 3.05) is 52.5 Å². The molecular formula is C16H31N3O2. The van der Waals surface area contributed by atoms with Crippen LogP contribution in [-0.2, 0) is 9.53 Å². The van der Waals surface area contributed by atoms with E-state index < -0.39 is 0 Å². The number of piperidine rings is 1. The van der Waals surface area contributed by atoms with E-state index in [0.29, 0.717) is 12.5 Å². The lowest BCUT2D eigenvalue weighted by Gasteiger charge is -2.37. The van der Waals surface area contributed by atoms with E-state index in [9.17, 15) is 4.79 Å². The molecule has 1 atom stereocenters. The molecule has 5 nitrogen and oxygen atoms in total. The van der Waals surface area contributed by atoms with Crippen LogP contribution >= 0.6 is 0 Å². The summed E-state index contributed by atoms with van der Waals surface area (Å²) in [5.74, 6) is 1.30. The van der Waals surface area contributed by atoms with Crippen molar-refractivity contribution in [3.63, 3.8) is 0 Å². The minimum atomic E-state index is -0.0132. The molecule has 2 aliphatic heterocycles. The molecule has 2 saturated heterocycles. The topological polar surface area (TPSA) is 58.8 Å². The highest BCUT2D eigenvalue weighted by Gasteiger charge is 2.29. The molecule has 1 amide bonds. The molecule has 0 aliphatic carbocycles. The Kier molecular flexibility index (Phi) is 6.45. The number of hydrogen-bond acceptors (Lipinski definition) is 4. The number of nitrogens with zero attached hydrogens (tertiary/aromatic N) is 2. The van der Waals surface area contributed by atoms with Crippen LogP contribution in [0.15, 0.2) is 0 Å². The zero-order valence-electron chi connectivity index (χ0n) is 13.6. The molecular weight excluding hydrogens is 266 g/mol. The van der Waals surface area contributed by atoms with Gasteiger partial charge in [0.1, 0.15) is 0 Å². The van der Waals surface area contributed by atoms with Crippen molar-refractivity contribution in [1.29, 1.82) is 0 Å². The fourth-order valence-electron chi connectivity index (χ4n) is 3.38. The van der Waals surface area contributed by atoms with Crippen LogP contribution in [0.2, 0.25) is 0 Å². The normalized spacial score (nSPS) is 23.5. The molecule has 21 heavy (non-hydrogen) atoms. The van der Waals surface area contributed by atoms with Gasteiger partial charge in [-0.25, -0.2) is 0 Å². The number of carbonyl (C=O) groups excluding carboxylic acids is 1. The van der Waals surface area contributed by atoms with E-state index >= 15 is 0 Å². The number of amides is 1. The van der Waals surface area contributed by atoms with Crippen LogP contribution in [-0.4, -0.2) is 68.2 Å². The summed E-state index contributed by atoms with van der Waals surface area (Å²) < 4.78 is 5.39.